The van der Waals surface area contributed by atoms with Crippen molar-refractivity contribution >= 4 is 10.9 Å². The summed E-state index contributed by atoms with van der Waals surface area (Å²) in [6.07, 6.45) is 1.92. The van der Waals surface area contributed by atoms with Crippen LogP contribution in [0.2, 0.25) is 0 Å². The van der Waals surface area contributed by atoms with Gasteiger partial charge in [-0.3, -0.25) is 0 Å². The van der Waals surface area contributed by atoms with Gasteiger partial charge in [0.05, 0.1) is 5.60 Å². The molecular formula is C14H19NO. The Morgan fingerprint density at radius 1 is 1.06 bits per heavy atom. The van der Waals surface area contributed by atoms with Crippen LogP contribution in [0.15, 0.2) is 30.5 Å². The van der Waals surface area contributed by atoms with Crippen molar-refractivity contribution in [1.82, 2.24) is 4.98 Å². The predicted octanol–water partition coefficient (Wildman–Crippen LogP) is 3.42. The minimum absolute atomic E-state index is 0.184. The first kappa shape index (κ1) is 11.2. The third kappa shape index (κ3) is 1.63. The molecule has 2 nitrogen and oxygen atoms in total. The first-order valence-corrected chi connectivity index (χ1v) is 5.62. The summed E-state index contributed by atoms with van der Waals surface area (Å²) >= 11 is 0. The molecule has 1 aromatic heterocycles. The average molecular weight is 217 g/mol. The zero-order valence-corrected chi connectivity index (χ0v) is 10.3. The molecule has 16 heavy (non-hydrogen) atoms. The number of aromatic amines is 1. The molecule has 0 amide bonds. The fraction of sp³-hybridized carbons (Fsp3) is 0.429. The maximum atomic E-state index is 10.6. The number of hydrogen-bond acceptors (Lipinski definition) is 1. The molecule has 0 aliphatic carbocycles. The summed E-state index contributed by atoms with van der Waals surface area (Å²) in [6, 6.07) is 8.09. The molecule has 1 aromatic carbocycles. The molecule has 1 atom stereocenters. The lowest BCUT2D eigenvalue weighted by molar-refractivity contribution is -0.0469. The van der Waals surface area contributed by atoms with Crippen molar-refractivity contribution in [2.24, 2.45) is 5.41 Å². The van der Waals surface area contributed by atoms with Crippen LogP contribution >= 0.6 is 0 Å². The van der Waals surface area contributed by atoms with Crippen LogP contribution < -0.4 is 0 Å². The van der Waals surface area contributed by atoms with Gasteiger partial charge in [0.15, 0.2) is 0 Å². The Bertz CT molecular complexity index is 503. The highest BCUT2D eigenvalue weighted by Crippen LogP contribution is 2.39. The van der Waals surface area contributed by atoms with Crippen LogP contribution in [0.5, 0.6) is 0 Å². The number of H-pyrrole nitrogens is 1. The third-order valence-electron chi connectivity index (χ3n) is 3.58. The summed E-state index contributed by atoms with van der Waals surface area (Å²) in [5.74, 6) is 0. The molecule has 0 spiro atoms. The topological polar surface area (TPSA) is 36.0 Å². The van der Waals surface area contributed by atoms with Gasteiger partial charge < -0.3 is 10.1 Å². The van der Waals surface area contributed by atoms with Gasteiger partial charge >= 0.3 is 0 Å². The van der Waals surface area contributed by atoms with Gasteiger partial charge in [-0.1, -0.05) is 26.8 Å². The molecule has 0 saturated heterocycles. The Morgan fingerprint density at radius 2 is 1.75 bits per heavy atom. The molecule has 1 heterocycles. The molecule has 0 fully saturated rings. The van der Waals surface area contributed by atoms with E-state index >= 15 is 0 Å². The van der Waals surface area contributed by atoms with E-state index in [1.807, 2.05) is 52.1 Å². The van der Waals surface area contributed by atoms with Crippen LogP contribution in [0, 0.1) is 5.41 Å². The van der Waals surface area contributed by atoms with Gasteiger partial charge in [-0.2, -0.15) is 0 Å². The number of nitrogens with one attached hydrogen (secondary N) is 1. The average Bonchev–Trinajstić information content (AvgIpc) is 2.61. The van der Waals surface area contributed by atoms with Gasteiger partial charge in [0.25, 0.3) is 0 Å². The Kier molecular flexibility index (Phi) is 2.35. The van der Waals surface area contributed by atoms with Crippen molar-refractivity contribution in [3.05, 3.63) is 36.0 Å². The second-order valence-corrected chi connectivity index (χ2v) is 5.60. The summed E-state index contributed by atoms with van der Waals surface area (Å²) in [7, 11) is 0. The lowest BCUT2D eigenvalue weighted by atomic mass is 9.73. The predicted molar refractivity (Wildman–Crippen MR) is 67.3 cm³/mol. The van der Waals surface area contributed by atoms with E-state index in [0.717, 1.165) is 16.5 Å². The zero-order valence-electron chi connectivity index (χ0n) is 10.3. The molecule has 2 aromatic rings. The summed E-state index contributed by atoms with van der Waals surface area (Å²) in [5, 5.41) is 11.7. The maximum absolute atomic E-state index is 10.6. The van der Waals surface area contributed by atoms with Crippen LogP contribution in [0.25, 0.3) is 10.9 Å². The van der Waals surface area contributed by atoms with Crippen molar-refractivity contribution in [3.63, 3.8) is 0 Å². The molecule has 1 unspecified atom stereocenters. The van der Waals surface area contributed by atoms with Gasteiger partial charge in [-0.05, 0) is 41.5 Å². The van der Waals surface area contributed by atoms with Crippen molar-refractivity contribution in [2.45, 2.75) is 33.3 Å². The number of benzene rings is 1. The van der Waals surface area contributed by atoms with Crippen molar-refractivity contribution in [3.8, 4) is 0 Å². The van der Waals surface area contributed by atoms with Gasteiger partial charge in [0, 0.05) is 11.7 Å². The lowest BCUT2D eigenvalue weighted by Gasteiger charge is -2.37. The molecule has 0 saturated carbocycles. The minimum atomic E-state index is -0.821. The number of aromatic nitrogens is 1. The van der Waals surface area contributed by atoms with E-state index in [4.69, 9.17) is 0 Å². The van der Waals surface area contributed by atoms with E-state index in [1.165, 1.54) is 0 Å². The Morgan fingerprint density at radius 3 is 2.38 bits per heavy atom. The minimum Gasteiger partial charge on any atom is -0.385 e. The number of rotatable bonds is 1. The number of hydrogen-bond donors (Lipinski definition) is 2. The van der Waals surface area contributed by atoms with E-state index in [0.29, 0.717) is 0 Å². The molecule has 0 bridgehead atoms. The Balaban J connectivity index is 2.54. The van der Waals surface area contributed by atoms with Crippen molar-refractivity contribution < 1.29 is 5.11 Å². The summed E-state index contributed by atoms with van der Waals surface area (Å²) in [5.41, 5.74) is 1.07. The highest BCUT2D eigenvalue weighted by atomic mass is 16.3. The monoisotopic (exact) mass is 217 g/mol. The lowest BCUT2D eigenvalue weighted by Crippen LogP contribution is -2.36. The SMILES string of the molecule is CC(C)(C)C(C)(O)c1ccc2[nH]ccc2c1. The largest absolute Gasteiger partial charge is 0.385 e. The Hall–Kier alpha value is -1.28. The molecule has 2 heteroatoms. The molecule has 0 aliphatic rings. The standard InChI is InChI=1S/C14H19NO/c1-13(2,3)14(4,16)11-5-6-12-10(9-11)7-8-15-12/h5-9,15-16H,1-4H3. The number of aliphatic hydroxyl groups is 1. The summed E-state index contributed by atoms with van der Waals surface area (Å²) in [6.45, 7) is 8.03. The molecule has 2 rings (SSSR count). The van der Waals surface area contributed by atoms with E-state index in [9.17, 15) is 5.11 Å². The fourth-order valence-electron chi connectivity index (χ4n) is 1.79. The number of fused-ring (bicyclic) bond motifs is 1. The molecule has 86 valence electrons. The highest BCUT2D eigenvalue weighted by molar-refractivity contribution is 5.80. The molecule has 0 radical (unpaired) electrons. The van der Waals surface area contributed by atoms with Crippen LogP contribution in [-0.4, -0.2) is 10.1 Å². The van der Waals surface area contributed by atoms with Crippen LogP contribution in [0.4, 0.5) is 0 Å². The molecular weight excluding hydrogens is 198 g/mol. The van der Waals surface area contributed by atoms with Crippen LogP contribution in [0.1, 0.15) is 33.3 Å². The second kappa shape index (κ2) is 3.36. The fourth-order valence-corrected chi connectivity index (χ4v) is 1.79. The first-order chi connectivity index (χ1) is 7.32. The molecule has 0 aliphatic heterocycles. The second-order valence-electron chi connectivity index (χ2n) is 5.60. The smallest absolute Gasteiger partial charge is 0.0916 e. The van der Waals surface area contributed by atoms with Crippen LogP contribution in [0.3, 0.4) is 0 Å². The summed E-state index contributed by atoms with van der Waals surface area (Å²) < 4.78 is 0. The maximum Gasteiger partial charge on any atom is 0.0916 e. The van der Waals surface area contributed by atoms with Gasteiger partial charge in [0.1, 0.15) is 0 Å². The third-order valence-corrected chi connectivity index (χ3v) is 3.58. The van der Waals surface area contributed by atoms with Gasteiger partial charge in [0.2, 0.25) is 0 Å². The van der Waals surface area contributed by atoms with Crippen molar-refractivity contribution in [1.29, 1.82) is 0 Å². The van der Waals surface area contributed by atoms with E-state index in [1.54, 1.807) is 0 Å². The van der Waals surface area contributed by atoms with Gasteiger partial charge in [-0.15, -0.1) is 0 Å². The molecule has 2 N–H and O–H groups in total. The van der Waals surface area contributed by atoms with Crippen molar-refractivity contribution in [2.75, 3.05) is 0 Å². The van der Waals surface area contributed by atoms with Gasteiger partial charge in [-0.25, -0.2) is 0 Å². The summed E-state index contributed by atoms with van der Waals surface area (Å²) in [4.78, 5) is 3.16. The van der Waals surface area contributed by atoms with Crippen LogP contribution in [-0.2, 0) is 5.60 Å². The Labute approximate surface area is 96.3 Å². The van der Waals surface area contributed by atoms with E-state index in [2.05, 4.69) is 11.1 Å². The zero-order chi connectivity index (χ0) is 12.0. The van der Waals surface area contributed by atoms with E-state index in [-0.39, 0.29) is 5.41 Å². The quantitative estimate of drug-likeness (QED) is 0.754. The highest BCUT2D eigenvalue weighted by Gasteiger charge is 2.36. The normalized spacial score (nSPS) is 16.3. The van der Waals surface area contributed by atoms with E-state index < -0.39 is 5.60 Å². The first-order valence-electron chi connectivity index (χ1n) is 5.62.